The van der Waals surface area contributed by atoms with Gasteiger partial charge in [0.25, 0.3) is 5.91 Å². The van der Waals surface area contributed by atoms with Crippen LogP contribution in [0.15, 0.2) is 12.3 Å². The highest BCUT2D eigenvalue weighted by molar-refractivity contribution is 5.92. The molecule has 16 heavy (non-hydrogen) atoms. The maximum absolute atomic E-state index is 11.5. The van der Waals surface area contributed by atoms with Crippen LogP contribution in [0.25, 0.3) is 0 Å². The first-order chi connectivity index (χ1) is 7.86. The van der Waals surface area contributed by atoms with Crippen molar-refractivity contribution >= 4 is 5.91 Å². The molecule has 1 amide bonds. The molecule has 1 saturated heterocycles. The van der Waals surface area contributed by atoms with Gasteiger partial charge >= 0.3 is 0 Å². The van der Waals surface area contributed by atoms with Crippen LogP contribution in [-0.4, -0.2) is 60.3 Å². The Labute approximate surface area is 94.4 Å². The second-order valence-corrected chi connectivity index (χ2v) is 3.82. The summed E-state index contributed by atoms with van der Waals surface area (Å²) in [6, 6.07) is 1.67. The molecule has 0 aliphatic carbocycles. The number of aromatic nitrogens is 2. The molecule has 0 saturated carbocycles. The number of aromatic amines is 1. The minimum Gasteiger partial charge on any atom is -0.349 e. The first-order valence-electron chi connectivity index (χ1n) is 5.57. The van der Waals surface area contributed by atoms with Gasteiger partial charge in [-0.1, -0.05) is 0 Å². The third-order valence-corrected chi connectivity index (χ3v) is 2.67. The van der Waals surface area contributed by atoms with Gasteiger partial charge in [-0.2, -0.15) is 5.10 Å². The molecule has 0 spiro atoms. The summed E-state index contributed by atoms with van der Waals surface area (Å²) in [5, 5.41) is 12.5. The van der Waals surface area contributed by atoms with Crippen molar-refractivity contribution in [3.63, 3.8) is 0 Å². The lowest BCUT2D eigenvalue weighted by Crippen LogP contribution is -2.46. The Morgan fingerprint density at radius 1 is 1.50 bits per heavy atom. The summed E-state index contributed by atoms with van der Waals surface area (Å²) in [5.41, 5.74) is 0.514. The van der Waals surface area contributed by atoms with Crippen LogP contribution in [0.5, 0.6) is 0 Å². The van der Waals surface area contributed by atoms with E-state index < -0.39 is 0 Å². The normalized spacial score (nSPS) is 17.2. The molecule has 6 heteroatoms. The lowest BCUT2D eigenvalue weighted by atomic mass is 10.3. The van der Waals surface area contributed by atoms with E-state index in [-0.39, 0.29) is 5.91 Å². The summed E-state index contributed by atoms with van der Waals surface area (Å²) in [6.07, 6.45) is 1.57. The Hall–Kier alpha value is -1.40. The molecule has 1 aromatic rings. The number of nitrogens with one attached hydrogen (secondary N) is 3. The lowest BCUT2D eigenvalue weighted by molar-refractivity contribution is 0.0942. The zero-order chi connectivity index (χ0) is 11.2. The van der Waals surface area contributed by atoms with Crippen LogP contribution < -0.4 is 10.6 Å². The number of hydrogen-bond acceptors (Lipinski definition) is 4. The van der Waals surface area contributed by atoms with Crippen molar-refractivity contribution in [1.82, 2.24) is 25.7 Å². The van der Waals surface area contributed by atoms with Gasteiger partial charge in [-0.25, -0.2) is 0 Å². The highest BCUT2D eigenvalue weighted by atomic mass is 16.1. The van der Waals surface area contributed by atoms with Crippen LogP contribution in [0.3, 0.4) is 0 Å². The van der Waals surface area contributed by atoms with E-state index in [4.69, 9.17) is 0 Å². The summed E-state index contributed by atoms with van der Waals surface area (Å²) >= 11 is 0. The standard InChI is InChI=1S/C10H17N5O/c16-10(9-1-2-13-14-9)12-5-8-15-6-3-11-4-7-15/h1-2,11H,3-8H2,(H,12,16)(H,13,14). The van der Waals surface area contributed by atoms with Crippen LogP contribution >= 0.6 is 0 Å². The number of carbonyl (C=O) groups excluding carboxylic acids is 1. The van der Waals surface area contributed by atoms with E-state index in [0.29, 0.717) is 12.2 Å². The molecule has 0 unspecified atom stereocenters. The minimum absolute atomic E-state index is 0.0902. The molecule has 1 aromatic heterocycles. The van der Waals surface area contributed by atoms with Gasteiger partial charge in [0.05, 0.1) is 0 Å². The zero-order valence-corrected chi connectivity index (χ0v) is 9.20. The van der Waals surface area contributed by atoms with E-state index in [1.165, 1.54) is 0 Å². The van der Waals surface area contributed by atoms with Crippen molar-refractivity contribution in [3.05, 3.63) is 18.0 Å². The molecule has 2 heterocycles. The van der Waals surface area contributed by atoms with Gasteiger partial charge in [-0.3, -0.25) is 14.8 Å². The maximum Gasteiger partial charge on any atom is 0.269 e. The van der Waals surface area contributed by atoms with Gasteiger partial charge in [-0.15, -0.1) is 0 Å². The molecule has 1 fully saturated rings. The van der Waals surface area contributed by atoms with Gasteiger partial charge < -0.3 is 10.6 Å². The van der Waals surface area contributed by atoms with E-state index >= 15 is 0 Å². The molecule has 1 aliphatic rings. The molecule has 88 valence electrons. The summed E-state index contributed by atoms with van der Waals surface area (Å²) in [6.45, 7) is 5.77. The Bertz CT molecular complexity index is 318. The number of carbonyl (C=O) groups is 1. The average Bonchev–Trinajstić information content (AvgIpc) is 2.84. The molecule has 0 aromatic carbocycles. The molecule has 1 aliphatic heterocycles. The number of amides is 1. The molecule has 0 atom stereocenters. The van der Waals surface area contributed by atoms with Crippen LogP contribution in [0.2, 0.25) is 0 Å². The van der Waals surface area contributed by atoms with E-state index in [1.807, 2.05) is 0 Å². The van der Waals surface area contributed by atoms with Gasteiger partial charge in [-0.05, 0) is 6.07 Å². The van der Waals surface area contributed by atoms with E-state index in [1.54, 1.807) is 12.3 Å². The fraction of sp³-hybridized carbons (Fsp3) is 0.600. The van der Waals surface area contributed by atoms with Crippen molar-refractivity contribution in [3.8, 4) is 0 Å². The Kier molecular flexibility index (Phi) is 3.90. The third-order valence-electron chi connectivity index (χ3n) is 2.67. The topological polar surface area (TPSA) is 73.1 Å². The second kappa shape index (κ2) is 5.62. The quantitative estimate of drug-likeness (QED) is 0.615. The molecule has 6 nitrogen and oxygen atoms in total. The molecule has 0 radical (unpaired) electrons. The Morgan fingerprint density at radius 2 is 2.31 bits per heavy atom. The van der Waals surface area contributed by atoms with Crippen molar-refractivity contribution in [1.29, 1.82) is 0 Å². The number of hydrogen-bond donors (Lipinski definition) is 3. The zero-order valence-electron chi connectivity index (χ0n) is 9.20. The van der Waals surface area contributed by atoms with Crippen LogP contribution in [0.1, 0.15) is 10.5 Å². The van der Waals surface area contributed by atoms with Crippen molar-refractivity contribution in [2.24, 2.45) is 0 Å². The van der Waals surface area contributed by atoms with E-state index in [9.17, 15) is 4.79 Å². The number of rotatable bonds is 4. The van der Waals surface area contributed by atoms with E-state index in [0.717, 1.165) is 32.7 Å². The summed E-state index contributed by atoms with van der Waals surface area (Å²) < 4.78 is 0. The van der Waals surface area contributed by atoms with Crippen LogP contribution in [0.4, 0.5) is 0 Å². The summed E-state index contributed by atoms with van der Waals surface area (Å²) in [7, 11) is 0. The summed E-state index contributed by atoms with van der Waals surface area (Å²) in [4.78, 5) is 13.9. The van der Waals surface area contributed by atoms with Gasteiger partial charge in [0.15, 0.2) is 0 Å². The van der Waals surface area contributed by atoms with Gasteiger partial charge in [0.1, 0.15) is 5.69 Å². The highest BCUT2D eigenvalue weighted by Gasteiger charge is 2.10. The van der Waals surface area contributed by atoms with Crippen molar-refractivity contribution in [2.75, 3.05) is 39.3 Å². The summed E-state index contributed by atoms with van der Waals surface area (Å²) in [5.74, 6) is -0.0902. The molecule has 0 bridgehead atoms. The molecular weight excluding hydrogens is 206 g/mol. The van der Waals surface area contributed by atoms with Gasteiger partial charge in [0, 0.05) is 45.5 Å². The maximum atomic E-state index is 11.5. The molecule has 3 N–H and O–H groups in total. The largest absolute Gasteiger partial charge is 0.349 e. The fourth-order valence-corrected chi connectivity index (χ4v) is 1.74. The number of H-pyrrole nitrogens is 1. The Morgan fingerprint density at radius 3 is 3.00 bits per heavy atom. The number of piperazine rings is 1. The van der Waals surface area contributed by atoms with Crippen molar-refractivity contribution in [2.45, 2.75) is 0 Å². The van der Waals surface area contributed by atoms with Crippen molar-refractivity contribution < 1.29 is 4.79 Å². The SMILES string of the molecule is O=C(NCCN1CCNCC1)c1ccn[nH]1. The monoisotopic (exact) mass is 223 g/mol. The predicted octanol–water partition coefficient (Wildman–Crippen LogP) is -0.955. The fourth-order valence-electron chi connectivity index (χ4n) is 1.74. The lowest BCUT2D eigenvalue weighted by Gasteiger charge is -2.26. The second-order valence-electron chi connectivity index (χ2n) is 3.82. The predicted molar refractivity (Wildman–Crippen MR) is 60.2 cm³/mol. The minimum atomic E-state index is -0.0902. The average molecular weight is 223 g/mol. The number of nitrogens with zero attached hydrogens (tertiary/aromatic N) is 2. The first-order valence-corrected chi connectivity index (χ1v) is 5.57. The third kappa shape index (κ3) is 3.04. The van der Waals surface area contributed by atoms with Crippen LogP contribution in [0, 0.1) is 0 Å². The van der Waals surface area contributed by atoms with Gasteiger partial charge in [0.2, 0.25) is 0 Å². The van der Waals surface area contributed by atoms with E-state index in [2.05, 4.69) is 25.7 Å². The first kappa shape index (κ1) is 11.1. The molecule has 2 rings (SSSR count). The Balaban J connectivity index is 1.66. The van der Waals surface area contributed by atoms with Crippen LogP contribution in [-0.2, 0) is 0 Å². The smallest absolute Gasteiger partial charge is 0.269 e. The molecular formula is C10H17N5O. The highest BCUT2D eigenvalue weighted by Crippen LogP contribution is 1.92.